The topological polar surface area (TPSA) is 19.0 Å². The number of nitrogens with one attached hydrogen (secondary N) is 1. The molecule has 3 aromatic rings. The van der Waals surface area contributed by atoms with Gasteiger partial charge in [0.2, 0.25) is 0 Å². The van der Waals surface area contributed by atoms with Crippen LogP contribution < -0.4 is 0 Å². The molecule has 0 bridgehead atoms. The van der Waals surface area contributed by atoms with Crippen LogP contribution in [0.3, 0.4) is 0 Å². The fourth-order valence-electron chi connectivity index (χ4n) is 3.97. The molecule has 1 aliphatic rings. The van der Waals surface area contributed by atoms with Gasteiger partial charge in [0.1, 0.15) is 0 Å². The van der Waals surface area contributed by atoms with Crippen LogP contribution in [0.4, 0.5) is 0 Å². The van der Waals surface area contributed by atoms with Gasteiger partial charge in [-0.05, 0) is 55.5 Å². The van der Waals surface area contributed by atoms with Crippen LogP contribution >= 0.6 is 11.8 Å². The van der Waals surface area contributed by atoms with Crippen molar-refractivity contribution in [2.24, 2.45) is 0 Å². The van der Waals surface area contributed by atoms with Gasteiger partial charge in [-0.3, -0.25) is 4.90 Å². The molecule has 146 valence electrons. The van der Waals surface area contributed by atoms with Crippen molar-refractivity contribution in [2.45, 2.75) is 44.0 Å². The van der Waals surface area contributed by atoms with E-state index in [1.807, 2.05) is 11.8 Å². The zero-order chi connectivity index (χ0) is 19.3. The minimum absolute atomic E-state index is 0.674. The zero-order valence-corrected chi connectivity index (χ0v) is 17.8. The number of aromatic nitrogens is 1. The van der Waals surface area contributed by atoms with Gasteiger partial charge in [-0.25, -0.2) is 0 Å². The summed E-state index contributed by atoms with van der Waals surface area (Å²) in [4.78, 5) is 7.43. The summed E-state index contributed by atoms with van der Waals surface area (Å²) in [6, 6.07) is 18.3. The molecular weight excluding hydrogens is 360 g/mol. The molecule has 0 fully saturated rings. The molecule has 4 rings (SSSR count). The summed E-state index contributed by atoms with van der Waals surface area (Å²) in [5, 5.41) is 1.37. The third-order valence-corrected chi connectivity index (χ3v) is 6.95. The first kappa shape index (κ1) is 19.4. The van der Waals surface area contributed by atoms with Gasteiger partial charge in [0.15, 0.2) is 0 Å². The normalized spacial score (nSPS) is 16.3. The van der Waals surface area contributed by atoms with Gasteiger partial charge >= 0.3 is 0 Å². The fraction of sp³-hybridized carbons (Fsp3) is 0.360. The number of aromatic amines is 1. The predicted molar refractivity (Wildman–Crippen MR) is 123 cm³/mol. The molecule has 0 spiro atoms. The molecule has 1 unspecified atom stereocenters. The predicted octanol–water partition coefficient (Wildman–Crippen LogP) is 6.39. The number of benzene rings is 2. The van der Waals surface area contributed by atoms with Gasteiger partial charge in [0.25, 0.3) is 0 Å². The Hall–Kier alpha value is -1.97. The zero-order valence-electron chi connectivity index (χ0n) is 16.9. The summed E-state index contributed by atoms with van der Waals surface area (Å²) in [6.07, 6.45) is 8.12. The summed E-state index contributed by atoms with van der Waals surface area (Å²) in [6.45, 7) is 6.85. The summed E-state index contributed by atoms with van der Waals surface area (Å²) >= 11 is 1.95. The van der Waals surface area contributed by atoms with Gasteiger partial charge in [-0.2, -0.15) is 0 Å². The monoisotopic (exact) mass is 390 g/mol. The van der Waals surface area contributed by atoms with Crippen molar-refractivity contribution < 1.29 is 0 Å². The molecule has 0 aliphatic carbocycles. The van der Waals surface area contributed by atoms with E-state index in [4.69, 9.17) is 0 Å². The van der Waals surface area contributed by atoms with Crippen molar-refractivity contribution in [3.63, 3.8) is 0 Å². The molecule has 2 aromatic carbocycles. The number of H-pyrrole nitrogens is 1. The SMILES string of the molecule is CCC(C)N1CC=C(c2c[nH]c3ccc(SCCc4ccccc4)cc23)CC1. The van der Waals surface area contributed by atoms with E-state index in [0.29, 0.717) is 6.04 Å². The van der Waals surface area contributed by atoms with Crippen molar-refractivity contribution in [1.29, 1.82) is 0 Å². The lowest BCUT2D eigenvalue weighted by atomic mass is 9.98. The van der Waals surface area contributed by atoms with Crippen LogP contribution in [-0.2, 0) is 6.42 Å². The van der Waals surface area contributed by atoms with Crippen LogP contribution in [0.15, 0.2) is 65.7 Å². The van der Waals surface area contributed by atoms with E-state index in [0.717, 1.165) is 25.1 Å². The Kier molecular flexibility index (Phi) is 6.23. The number of nitrogens with zero attached hydrogens (tertiary/aromatic N) is 1. The maximum atomic E-state index is 3.48. The molecule has 2 heterocycles. The Balaban J connectivity index is 1.47. The second kappa shape index (κ2) is 9.02. The van der Waals surface area contributed by atoms with Crippen LogP contribution in [0.25, 0.3) is 16.5 Å². The van der Waals surface area contributed by atoms with E-state index in [1.54, 1.807) is 0 Å². The first-order chi connectivity index (χ1) is 13.7. The van der Waals surface area contributed by atoms with E-state index in [1.165, 1.54) is 45.5 Å². The molecule has 2 nitrogen and oxygen atoms in total. The summed E-state index contributed by atoms with van der Waals surface area (Å²) in [7, 11) is 0. The Morgan fingerprint density at radius 3 is 2.75 bits per heavy atom. The van der Waals surface area contributed by atoms with Crippen molar-refractivity contribution in [1.82, 2.24) is 9.88 Å². The van der Waals surface area contributed by atoms with Gasteiger partial charge in [-0.15, -0.1) is 11.8 Å². The standard InChI is InChI=1S/C25H30N2S/c1-3-19(2)27-14-11-21(12-15-27)24-18-26-25-10-9-22(17-23(24)25)28-16-13-20-7-5-4-6-8-20/h4-11,17-19,26H,3,12-16H2,1-2H3. The highest BCUT2D eigenvalue weighted by atomic mass is 32.2. The van der Waals surface area contributed by atoms with Crippen LogP contribution in [-0.4, -0.2) is 34.8 Å². The van der Waals surface area contributed by atoms with Crippen molar-refractivity contribution in [3.05, 3.63) is 71.9 Å². The Morgan fingerprint density at radius 1 is 1.14 bits per heavy atom. The largest absolute Gasteiger partial charge is 0.361 e. The van der Waals surface area contributed by atoms with E-state index in [2.05, 4.69) is 84.5 Å². The number of aryl methyl sites for hydroxylation is 1. The van der Waals surface area contributed by atoms with Gasteiger partial charge < -0.3 is 4.98 Å². The molecule has 28 heavy (non-hydrogen) atoms. The maximum absolute atomic E-state index is 3.48. The lowest BCUT2D eigenvalue weighted by molar-refractivity contribution is 0.225. The summed E-state index contributed by atoms with van der Waals surface area (Å²) in [5.41, 5.74) is 5.55. The van der Waals surface area contributed by atoms with Crippen molar-refractivity contribution >= 4 is 28.2 Å². The van der Waals surface area contributed by atoms with Crippen LogP contribution in [0.1, 0.15) is 37.8 Å². The molecule has 1 aromatic heterocycles. The lowest BCUT2D eigenvalue weighted by Gasteiger charge is -2.31. The Bertz CT molecular complexity index is 942. The first-order valence-corrected chi connectivity index (χ1v) is 11.4. The van der Waals surface area contributed by atoms with E-state index < -0.39 is 0 Å². The van der Waals surface area contributed by atoms with Gasteiger partial charge in [-0.1, -0.05) is 43.3 Å². The third-order valence-electron chi connectivity index (χ3n) is 5.96. The number of hydrogen-bond donors (Lipinski definition) is 1. The molecule has 0 saturated carbocycles. The Labute approximate surface area is 173 Å². The molecule has 0 radical (unpaired) electrons. The fourth-order valence-corrected chi connectivity index (χ4v) is 4.91. The highest BCUT2D eigenvalue weighted by Crippen LogP contribution is 2.32. The number of hydrogen-bond acceptors (Lipinski definition) is 2. The first-order valence-electron chi connectivity index (χ1n) is 10.5. The van der Waals surface area contributed by atoms with Crippen molar-refractivity contribution in [3.8, 4) is 0 Å². The van der Waals surface area contributed by atoms with E-state index >= 15 is 0 Å². The number of thioether (sulfide) groups is 1. The van der Waals surface area contributed by atoms with Crippen LogP contribution in [0.2, 0.25) is 0 Å². The molecule has 0 amide bonds. The van der Waals surface area contributed by atoms with E-state index in [9.17, 15) is 0 Å². The van der Waals surface area contributed by atoms with Gasteiger partial charge in [0.05, 0.1) is 0 Å². The second-order valence-electron chi connectivity index (χ2n) is 7.73. The summed E-state index contributed by atoms with van der Waals surface area (Å²) < 4.78 is 0. The number of rotatable bonds is 7. The van der Waals surface area contributed by atoms with E-state index in [-0.39, 0.29) is 0 Å². The average Bonchev–Trinajstić information content (AvgIpc) is 3.17. The minimum Gasteiger partial charge on any atom is -0.361 e. The molecule has 0 saturated heterocycles. The highest BCUT2D eigenvalue weighted by molar-refractivity contribution is 7.99. The third kappa shape index (κ3) is 4.37. The minimum atomic E-state index is 0.674. The van der Waals surface area contributed by atoms with Crippen LogP contribution in [0.5, 0.6) is 0 Å². The van der Waals surface area contributed by atoms with Crippen LogP contribution in [0, 0.1) is 0 Å². The lowest BCUT2D eigenvalue weighted by Crippen LogP contribution is -2.35. The molecule has 1 atom stereocenters. The highest BCUT2D eigenvalue weighted by Gasteiger charge is 2.18. The van der Waals surface area contributed by atoms with Crippen molar-refractivity contribution in [2.75, 3.05) is 18.8 Å². The second-order valence-corrected chi connectivity index (χ2v) is 8.89. The molecule has 1 N–H and O–H groups in total. The smallest absolute Gasteiger partial charge is 0.0461 e. The summed E-state index contributed by atoms with van der Waals surface area (Å²) in [5.74, 6) is 1.11. The number of fused-ring (bicyclic) bond motifs is 1. The molecular formula is C25H30N2S. The maximum Gasteiger partial charge on any atom is 0.0461 e. The Morgan fingerprint density at radius 2 is 2.00 bits per heavy atom. The van der Waals surface area contributed by atoms with Gasteiger partial charge in [0, 0.05) is 52.4 Å². The quantitative estimate of drug-likeness (QED) is 0.471. The average molecular weight is 391 g/mol. The molecule has 3 heteroatoms. The molecule has 1 aliphatic heterocycles.